The zero-order valence-electron chi connectivity index (χ0n) is 54.9. The van der Waals surface area contributed by atoms with Crippen molar-refractivity contribution < 1.29 is 0 Å². The van der Waals surface area contributed by atoms with Crippen LogP contribution in [0.15, 0.2) is 346 Å². The van der Waals surface area contributed by atoms with Crippen molar-refractivity contribution in [3.8, 4) is 68.3 Å². The molecule has 0 saturated heterocycles. The Morgan fingerprint density at radius 2 is 0.324 bits per heavy atom. The molecule has 0 radical (unpaired) electrons. The third kappa shape index (κ3) is 8.30. The summed E-state index contributed by atoms with van der Waals surface area (Å²) in [5.41, 5.74) is 22.6. The SMILES string of the molecule is c1ccc(-n2c3ccc(-c4nc(-c5ccc6c(c5)c5cc(-n7c8ccccc8c8ccccc87)ccc5n6-c5ccccc5)nc(-c5ccc6c(c5)c5cc(-n7c8ccccc8c8ccccc87)ccc5n6-c5ccccc5)n4)cc3c3cc(-n4c5ccccc5c5ccccc54)ccc32)cc1. The van der Waals surface area contributed by atoms with Gasteiger partial charge in [0.2, 0.25) is 0 Å². The van der Waals surface area contributed by atoms with E-state index in [0.717, 1.165) is 149 Å². The van der Waals surface area contributed by atoms with E-state index in [1.807, 2.05) is 0 Å². The first-order valence-corrected chi connectivity index (χ1v) is 34.7. The summed E-state index contributed by atoms with van der Waals surface area (Å²) >= 11 is 0. The van der Waals surface area contributed by atoms with Gasteiger partial charge in [-0.25, -0.2) is 15.0 Å². The van der Waals surface area contributed by atoms with Crippen molar-refractivity contribution in [3.63, 3.8) is 0 Å². The van der Waals surface area contributed by atoms with E-state index >= 15 is 0 Å². The predicted octanol–water partition coefficient (Wildman–Crippen LogP) is 23.5. The fourth-order valence-corrected chi connectivity index (χ4v) is 16.8. The maximum Gasteiger partial charge on any atom is 0.164 e. The molecule has 0 saturated carbocycles. The molecule has 9 heteroatoms. The van der Waals surface area contributed by atoms with Gasteiger partial charge in [0.05, 0.1) is 66.2 Å². The number of aromatic nitrogens is 9. The lowest BCUT2D eigenvalue weighted by molar-refractivity contribution is 1.07. The minimum atomic E-state index is 0.567. The summed E-state index contributed by atoms with van der Waals surface area (Å²) in [6.07, 6.45) is 0. The first-order chi connectivity index (χ1) is 50.6. The van der Waals surface area contributed by atoms with Crippen LogP contribution in [0.3, 0.4) is 0 Å². The molecule has 0 aliphatic carbocycles. The standard InChI is InChI=1S/C93H57N9/c1-4-22-61(23-5-1)97-85-46-40-58(52-73(85)76-55-64(43-49-88(76)97)100-79-34-16-10-28-67(79)68-29-11-17-35-80(68)100)91-94-92(59-41-47-86-74(53-59)77-56-65(44-50-89(77)98(86)62-24-6-2-7-25-62)101-81-36-18-12-30-69(81)70-31-13-19-37-82(70)101)96-93(95-91)60-42-48-87-75(54-60)78-57-66(45-51-90(78)99(87)63-26-8-3-9-27-63)102-83-38-20-14-32-71(83)72-33-15-21-39-84(72)102/h1-57H. The molecule has 15 aromatic carbocycles. The van der Waals surface area contributed by atoms with Gasteiger partial charge >= 0.3 is 0 Å². The van der Waals surface area contributed by atoms with E-state index in [4.69, 9.17) is 15.0 Å². The predicted molar refractivity (Wildman–Crippen MR) is 422 cm³/mol. The topological polar surface area (TPSA) is 68.2 Å². The number of nitrogens with zero attached hydrogens (tertiary/aromatic N) is 9. The van der Waals surface area contributed by atoms with Crippen LogP contribution in [0.2, 0.25) is 0 Å². The highest BCUT2D eigenvalue weighted by atomic mass is 15.1. The van der Waals surface area contributed by atoms with E-state index < -0.39 is 0 Å². The van der Waals surface area contributed by atoms with Crippen molar-refractivity contribution >= 4 is 131 Å². The second-order valence-corrected chi connectivity index (χ2v) is 26.7. The molecule has 102 heavy (non-hydrogen) atoms. The number of hydrogen-bond acceptors (Lipinski definition) is 3. The molecule has 22 rings (SSSR count). The van der Waals surface area contributed by atoms with Crippen molar-refractivity contribution in [3.05, 3.63) is 346 Å². The Morgan fingerprint density at radius 1 is 0.137 bits per heavy atom. The Kier molecular flexibility index (Phi) is 12.0. The van der Waals surface area contributed by atoms with Crippen molar-refractivity contribution in [2.45, 2.75) is 0 Å². The van der Waals surface area contributed by atoms with Crippen LogP contribution in [0.25, 0.3) is 199 Å². The van der Waals surface area contributed by atoms with Gasteiger partial charge in [-0.05, 0) is 182 Å². The molecule has 474 valence electrons. The summed E-state index contributed by atoms with van der Waals surface area (Å²) in [5, 5.41) is 13.9. The van der Waals surface area contributed by atoms with Gasteiger partial charge in [0, 0.05) is 115 Å². The third-order valence-corrected chi connectivity index (χ3v) is 21.2. The summed E-state index contributed by atoms with van der Waals surface area (Å²) in [6, 6.07) is 125. The fraction of sp³-hybridized carbons (Fsp3) is 0. The smallest absolute Gasteiger partial charge is 0.164 e. The van der Waals surface area contributed by atoms with Crippen LogP contribution < -0.4 is 0 Å². The molecule has 0 unspecified atom stereocenters. The Bertz CT molecular complexity index is 6390. The quantitative estimate of drug-likeness (QED) is 0.145. The van der Waals surface area contributed by atoms with E-state index in [9.17, 15) is 0 Å². The number of rotatable bonds is 9. The second-order valence-electron chi connectivity index (χ2n) is 26.7. The van der Waals surface area contributed by atoms with Crippen LogP contribution in [0.5, 0.6) is 0 Å². The molecule has 0 amide bonds. The summed E-state index contributed by atoms with van der Waals surface area (Å²) in [6.45, 7) is 0. The zero-order chi connectivity index (χ0) is 66.7. The first kappa shape index (κ1) is 56.2. The molecule has 7 aromatic heterocycles. The van der Waals surface area contributed by atoms with Crippen molar-refractivity contribution in [1.29, 1.82) is 0 Å². The average molecular weight is 1300 g/mol. The zero-order valence-corrected chi connectivity index (χ0v) is 54.9. The maximum atomic E-state index is 5.65. The molecule has 22 aromatic rings. The molecule has 0 atom stereocenters. The second kappa shape index (κ2) is 21.8. The highest BCUT2D eigenvalue weighted by molar-refractivity contribution is 6.17. The van der Waals surface area contributed by atoms with Gasteiger partial charge in [0.15, 0.2) is 17.5 Å². The molecule has 0 spiro atoms. The summed E-state index contributed by atoms with van der Waals surface area (Å²) in [5.74, 6) is 1.70. The molecule has 0 N–H and O–H groups in total. The van der Waals surface area contributed by atoms with Gasteiger partial charge in [0.1, 0.15) is 0 Å². The van der Waals surface area contributed by atoms with E-state index in [2.05, 4.69) is 373 Å². The lowest BCUT2D eigenvalue weighted by Gasteiger charge is -2.11. The van der Waals surface area contributed by atoms with Gasteiger partial charge in [-0.15, -0.1) is 0 Å². The third-order valence-electron chi connectivity index (χ3n) is 21.2. The molecule has 9 nitrogen and oxygen atoms in total. The number of para-hydroxylation sites is 9. The Labute approximate surface area is 583 Å². The fourth-order valence-electron chi connectivity index (χ4n) is 16.8. The van der Waals surface area contributed by atoms with Crippen LogP contribution in [-0.2, 0) is 0 Å². The van der Waals surface area contributed by atoms with E-state index in [1.54, 1.807) is 0 Å². The molecular weight excluding hydrogens is 1240 g/mol. The lowest BCUT2D eigenvalue weighted by atomic mass is 10.1. The molecule has 0 aliphatic rings. The van der Waals surface area contributed by atoms with E-state index in [0.29, 0.717) is 17.5 Å². The summed E-state index contributed by atoms with van der Waals surface area (Å²) < 4.78 is 14.4. The van der Waals surface area contributed by atoms with Crippen LogP contribution in [0.4, 0.5) is 0 Å². The monoisotopic (exact) mass is 1300 g/mol. The summed E-state index contributed by atoms with van der Waals surface area (Å²) in [4.78, 5) is 17.0. The number of benzene rings is 15. The van der Waals surface area contributed by atoms with Gasteiger partial charge < -0.3 is 27.4 Å². The minimum Gasteiger partial charge on any atom is -0.309 e. The van der Waals surface area contributed by atoms with Crippen molar-refractivity contribution in [2.75, 3.05) is 0 Å². The van der Waals surface area contributed by atoms with Crippen molar-refractivity contribution in [1.82, 2.24) is 42.4 Å². The van der Waals surface area contributed by atoms with Crippen molar-refractivity contribution in [2.24, 2.45) is 0 Å². The molecule has 0 fully saturated rings. The minimum absolute atomic E-state index is 0.567. The van der Waals surface area contributed by atoms with Crippen LogP contribution in [0, 0.1) is 0 Å². The van der Waals surface area contributed by atoms with Crippen LogP contribution in [-0.4, -0.2) is 42.4 Å². The lowest BCUT2D eigenvalue weighted by Crippen LogP contribution is -2.00. The van der Waals surface area contributed by atoms with Gasteiger partial charge in [-0.2, -0.15) is 0 Å². The average Bonchev–Trinajstić information content (AvgIpc) is 1.57. The van der Waals surface area contributed by atoms with Crippen LogP contribution >= 0.6 is 0 Å². The van der Waals surface area contributed by atoms with Gasteiger partial charge in [0.25, 0.3) is 0 Å². The highest BCUT2D eigenvalue weighted by Crippen LogP contribution is 2.44. The molecular formula is C93H57N9. The summed E-state index contributed by atoms with van der Waals surface area (Å²) in [7, 11) is 0. The maximum absolute atomic E-state index is 5.65. The molecule has 0 aliphatic heterocycles. The Morgan fingerprint density at radius 3 is 0.569 bits per heavy atom. The molecule has 7 heterocycles. The normalized spacial score (nSPS) is 12.1. The largest absolute Gasteiger partial charge is 0.309 e. The van der Waals surface area contributed by atoms with E-state index in [1.165, 1.54) is 32.3 Å². The van der Waals surface area contributed by atoms with Gasteiger partial charge in [-0.3, -0.25) is 0 Å². The molecule has 0 bridgehead atoms. The van der Waals surface area contributed by atoms with E-state index in [-0.39, 0.29) is 0 Å². The van der Waals surface area contributed by atoms with Gasteiger partial charge in [-0.1, -0.05) is 164 Å². The number of fused-ring (bicyclic) bond motifs is 18. The number of hydrogen-bond donors (Lipinski definition) is 0. The first-order valence-electron chi connectivity index (χ1n) is 34.7. The van der Waals surface area contributed by atoms with Crippen LogP contribution in [0.1, 0.15) is 0 Å². The Hall–Kier alpha value is -13.9. The Balaban J connectivity index is 0.789. The highest BCUT2D eigenvalue weighted by Gasteiger charge is 2.24.